The van der Waals surface area contributed by atoms with E-state index in [1.54, 1.807) is 0 Å². The number of aliphatic carboxylic acids is 1. The highest BCUT2D eigenvalue weighted by Gasteiger charge is 2.36. The van der Waals surface area contributed by atoms with Crippen molar-refractivity contribution in [2.24, 2.45) is 5.41 Å². The standard InChI is InChI=1S/C15H26N2O4/c1-14(9-16-10-14)21-8-12(18)17-11-15(7-13(19)20)5-3-2-4-6-15/h16H,2-11H2,1H3,(H,17,18)(H,19,20). The van der Waals surface area contributed by atoms with E-state index in [1.807, 2.05) is 6.92 Å². The maximum absolute atomic E-state index is 11.9. The first kappa shape index (κ1) is 16.2. The van der Waals surface area contributed by atoms with Crippen molar-refractivity contribution in [2.75, 3.05) is 26.2 Å². The highest BCUT2D eigenvalue weighted by atomic mass is 16.5. The number of hydrogen-bond acceptors (Lipinski definition) is 4. The molecule has 3 N–H and O–H groups in total. The largest absolute Gasteiger partial charge is 0.481 e. The molecule has 1 saturated heterocycles. The van der Waals surface area contributed by atoms with Gasteiger partial charge in [-0.15, -0.1) is 0 Å². The van der Waals surface area contributed by atoms with E-state index >= 15 is 0 Å². The molecule has 2 fully saturated rings. The average Bonchev–Trinajstić information content (AvgIpc) is 2.41. The summed E-state index contributed by atoms with van der Waals surface area (Å²) in [6.45, 7) is 3.99. The molecule has 21 heavy (non-hydrogen) atoms. The SMILES string of the molecule is CC1(OCC(=O)NCC2(CC(=O)O)CCCCC2)CNC1. The maximum Gasteiger partial charge on any atom is 0.303 e. The number of amides is 1. The van der Waals surface area contributed by atoms with Gasteiger partial charge in [0.1, 0.15) is 6.61 Å². The van der Waals surface area contributed by atoms with Gasteiger partial charge in [0.05, 0.1) is 12.0 Å². The van der Waals surface area contributed by atoms with Crippen molar-refractivity contribution in [2.45, 2.75) is 51.0 Å². The van der Waals surface area contributed by atoms with E-state index in [9.17, 15) is 9.59 Å². The molecule has 0 aromatic heterocycles. The van der Waals surface area contributed by atoms with Gasteiger partial charge in [0, 0.05) is 19.6 Å². The van der Waals surface area contributed by atoms with Gasteiger partial charge >= 0.3 is 5.97 Å². The molecule has 2 rings (SSSR count). The number of ether oxygens (including phenoxy) is 1. The van der Waals surface area contributed by atoms with Crippen LogP contribution in [0.25, 0.3) is 0 Å². The van der Waals surface area contributed by atoms with Crippen LogP contribution in [0.3, 0.4) is 0 Å². The molecule has 1 aliphatic heterocycles. The van der Waals surface area contributed by atoms with Crippen LogP contribution in [0.15, 0.2) is 0 Å². The molecule has 1 heterocycles. The summed E-state index contributed by atoms with van der Waals surface area (Å²) in [7, 11) is 0. The Morgan fingerprint density at radius 1 is 1.24 bits per heavy atom. The van der Waals surface area contributed by atoms with Crippen LogP contribution in [0.2, 0.25) is 0 Å². The summed E-state index contributed by atoms with van der Waals surface area (Å²) in [4.78, 5) is 23.0. The zero-order valence-electron chi connectivity index (χ0n) is 12.7. The Morgan fingerprint density at radius 2 is 1.90 bits per heavy atom. The summed E-state index contributed by atoms with van der Waals surface area (Å²) in [5.74, 6) is -0.936. The van der Waals surface area contributed by atoms with E-state index in [1.165, 1.54) is 0 Å². The quantitative estimate of drug-likeness (QED) is 0.650. The Bertz CT molecular complexity index is 387. The minimum atomic E-state index is -0.782. The first-order valence-corrected chi connectivity index (χ1v) is 7.76. The van der Waals surface area contributed by atoms with Crippen LogP contribution in [0.1, 0.15) is 45.4 Å². The van der Waals surface area contributed by atoms with Crippen LogP contribution in [-0.2, 0) is 14.3 Å². The second kappa shape index (κ2) is 6.75. The van der Waals surface area contributed by atoms with Crippen molar-refractivity contribution in [1.82, 2.24) is 10.6 Å². The lowest BCUT2D eigenvalue weighted by atomic mass is 9.71. The molecule has 6 heteroatoms. The summed E-state index contributed by atoms with van der Waals surface area (Å²) in [6.07, 6.45) is 5.14. The number of rotatable bonds is 7. The predicted octanol–water partition coefficient (Wildman–Crippen LogP) is 0.906. The third kappa shape index (κ3) is 4.68. The Hall–Kier alpha value is -1.14. The van der Waals surface area contributed by atoms with Gasteiger partial charge in [-0.1, -0.05) is 19.3 Å². The zero-order valence-corrected chi connectivity index (χ0v) is 12.7. The molecule has 1 aliphatic carbocycles. The fourth-order valence-corrected chi connectivity index (χ4v) is 3.19. The molecule has 120 valence electrons. The van der Waals surface area contributed by atoms with Gasteiger partial charge in [-0.2, -0.15) is 0 Å². The number of carbonyl (C=O) groups is 2. The summed E-state index contributed by atoms with van der Waals surface area (Å²) in [5, 5.41) is 15.1. The zero-order chi connectivity index (χ0) is 15.3. The molecule has 6 nitrogen and oxygen atoms in total. The summed E-state index contributed by atoms with van der Waals surface area (Å²) in [6, 6.07) is 0. The minimum Gasteiger partial charge on any atom is -0.481 e. The maximum atomic E-state index is 11.9. The van der Waals surface area contributed by atoms with Crippen molar-refractivity contribution in [3.05, 3.63) is 0 Å². The molecular formula is C15H26N2O4. The van der Waals surface area contributed by atoms with Crippen molar-refractivity contribution < 1.29 is 19.4 Å². The fraction of sp³-hybridized carbons (Fsp3) is 0.867. The second-order valence-corrected chi connectivity index (χ2v) is 6.75. The normalized spacial score (nSPS) is 23.1. The molecule has 1 saturated carbocycles. The molecule has 0 radical (unpaired) electrons. The third-order valence-electron chi connectivity index (χ3n) is 4.65. The van der Waals surface area contributed by atoms with Gasteiger partial charge in [-0.3, -0.25) is 9.59 Å². The molecule has 0 atom stereocenters. The lowest BCUT2D eigenvalue weighted by Crippen LogP contribution is -2.59. The average molecular weight is 298 g/mol. The molecular weight excluding hydrogens is 272 g/mol. The van der Waals surface area contributed by atoms with Crippen LogP contribution >= 0.6 is 0 Å². The van der Waals surface area contributed by atoms with Crippen molar-refractivity contribution in [3.8, 4) is 0 Å². The Kier molecular flexibility index (Phi) is 5.22. The molecule has 0 spiro atoms. The van der Waals surface area contributed by atoms with Crippen LogP contribution in [0.4, 0.5) is 0 Å². The molecule has 2 aliphatic rings. The number of nitrogens with one attached hydrogen (secondary N) is 2. The van der Waals surface area contributed by atoms with E-state index in [0.717, 1.165) is 45.2 Å². The van der Waals surface area contributed by atoms with Gasteiger partial charge in [0.25, 0.3) is 0 Å². The summed E-state index contributed by atoms with van der Waals surface area (Å²) < 4.78 is 5.59. The van der Waals surface area contributed by atoms with E-state index in [-0.39, 0.29) is 30.0 Å². The number of carboxylic acids is 1. The van der Waals surface area contributed by atoms with Crippen molar-refractivity contribution in [1.29, 1.82) is 0 Å². The number of hydrogen-bond donors (Lipinski definition) is 3. The second-order valence-electron chi connectivity index (χ2n) is 6.75. The molecule has 0 bridgehead atoms. The lowest BCUT2D eigenvalue weighted by Gasteiger charge is -2.39. The van der Waals surface area contributed by atoms with Gasteiger partial charge in [-0.25, -0.2) is 0 Å². The van der Waals surface area contributed by atoms with Gasteiger partial charge in [0.15, 0.2) is 0 Å². The first-order valence-electron chi connectivity index (χ1n) is 7.76. The van der Waals surface area contributed by atoms with Crippen LogP contribution < -0.4 is 10.6 Å². The van der Waals surface area contributed by atoms with Crippen molar-refractivity contribution >= 4 is 11.9 Å². The highest BCUT2D eigenvalue weighted by Crippen LogP contribution is 2.38. The van der Waals surface area contributed by atoms with Gasteiger partial charge in [0.2, 0.25) is 5.91 Å². The predicted molar refractivity (Wildman–Crippen MR) is 78.0 cm³/mol. The molecule has 0 aromatic carbocycles. The molecule has 1 amide bonds. The van der Waals surface area contributed by atoms with E-state index in [2.05, 4.69) is 10.6 Å². The van der Waals surface area contributed by atoms with Gasteiger partial charge < -0.3 is 20.5 Å². The number of carbonyl (C=O) groups excluding carboxylic acids is 1. The summed E-state index contributed by atoms with van der Waals surface area (Å²) >= 11 is 0. The molecule has 0 aromatic rings. The van der Waals surface area contributed by atoms with Crippen LogP contribution in [0.5, 0.6) is 0 Å². The van der Waals surface area contributed by atoms with E-state index in [4.69, 9.17) is 9.84 Å². The third-order valence-corrected chi connectivity index (χ3v) is 4.65. The van der Waals surface area contributed by atoms with Crippen LogP contribution in [0, 0.1) is 5.41 Å². The summed E-state index contributed by atoms with van der Waals surface area (Å²) in [5.41, 5.74) is -0.511. The number of carboxylic acid groups (broad SMARTS) is 1. The monoisotopic (exact) mass is 298 g/mol. The Balaban J connectivity index is 1.77. The van der Waals surface area contributed by atoms with Gasteiger partial charge in [-0.05, 0) is 25.2 Å². The van der Waals surface area contributed by atoms with Crippen LogP contribution in [-0.4, -0.2) is 48.8 Å². The Morgan fingerprint density at radius 3 is 2.43 bits per heavy atom. The fourth-order valence-electron chi connectivity index (χ4n) is 3.19. The lowest BCUT2D eigenvalue weighted by molar-refractivity contribution is -0.142. The Labute approximate surface area is 125 Å². The van der Waals surface area contributed by atoms with E-state index in [0.29, 0.717) is 6.54 Å². The van der Waals surface area contributed by atoms with Crippen molar-refractivity contribution in [3.63, 3.8) is 0 Å². The smallest absolute Gasteiger partial charge is 0.303 e. The topological polar surface area (TPSA) is 87.7 Å². The first-order chi connectivity index (χ1) is 9.93. The highest BCUT2D eigenvalue weighted by molar-refractivity contribution is 5.77. The van der Waals surface area contributed by atoms with E-state index < -0.39 is 5.97 Å². The molecule has 0 unspecified atom stereocenters. The minimum absolute atomic E-state index is 0.0430.